The van der Waals surface area contributed by atoms with Crippen LogP contribution in [0.1, 0.15) is 6.92 Å². The predicted molar refractivity (Wildman–Crippen MR) is 66.4 cm³/mol. The maximum atomic E-state index is 9.01. The van der Waals surface area contributed by atoms with Crippen LogP contribution in [0, 0.1) is 17.2 Å². The maximum Gasteiger partial charge on any atom is 0.186 e. The topological polar surface area (TPSA) is 57.7 Å². The number of methoxy groups -OCH3 is 1. The first-order valence-electron chi connectivity index (χ1n) is 4.52. The lowest BCUT2D eigenvalue weighted by atomic mass is 10.1. The summed E-state index contributed by atoms with van der Waals surface area (Å²) in [6.45, 7) is 2.04. The molecular weight excluding hydrogens is 230 g/mol. The molecule has 1 aliphatic heterocycles. The molecule has 0 amide bonds. The Kier molecular flexibility index (Phi) is 5.15. The van der Waals surface area contributed by atoms with Crippen molar-refractivity contribution in [3.63, 3.8) is 0 Å². The predicted octanol–water partition coefficient (Wildman–Crippen LogP) is 1.98. The van der Waals surface area contributed by atoms with Crippen molar-refractivity contribution in [3.8, 4) is 6.07 Å². The minimum atomic E-state index is -0.413. The smallest absolute Gasteiger partial charge is 0.186 e. The van der Waals surface area contributed by atoms with Crippen LogP contribution >= 0.6 is 23.5 Å². The first-order chi connectivity index (χ1) is 7.26. The molecule has 2 unspecified atom stereocenters. The molecule has 0 saturated carbocycles. The van der Waals surface area contributed by atoms with E-state index in [9.17, 15) is 0 Å². The monoisotopic (exact) mass is 243 g/mol. The molecular formula is C9H13N3OS2. The molecule has 0 spiro atoms. The fourth-order valence-electron chi connectivity index (χ4n) is 1.18. The van der Waals surface area contributed by atoms with Gasteiger partial charge in [0, 0.05) is 7.11 Å². The highest BCUT2D eigenvalue weighted by atomic mass is 32.2. The Hall–Kier alpha value is -0.510. The number of rotatable bonds is 2. The van der Waals surface area contributed by atoms with Gasteiger partial charge in [-0.1, -0.05) is 18.7 Å². The van der Waals surface area contributed by atoms with Gasteiger partial charge in [0.1, 0.15) is 5.92 Å². The molecule has 0 aliphatic carbocycles. The van der Waals surface area contributed by atoms with Crippen LogP contribution in [-0.2, 0) is 4.74 Å². The number of aliphatic imine (C=N–C) groups is 2. The summed E-state index contributed by atoms with van der Waals surface area (Å²) < 4.78 is 5.19. The minimum Gasteiger partial charge on any atom is -0.358 e. The first kappa shape index (κ1) is 12.6. The fraction of sp³-hybridized carbons (Fsp3) is 0.667. The molecule has 0 radical (unpaired) electrons. The van der Waals surface area contributed by atoms with Crippen molar-refractivity contribution in [2.24, 2.45) is 15.9 Å². The summed E-state index contributed by atoms with van der Waals surface area (Å²) >= 11 is 3.04. The molecule has 1 rings (SSSR count). The maximum absolute atomic E-state index is 9.01. The molecule has 1 aliphatic rings. The summed E-state index contributed by atoms with van der Waals surface area (Å²) in [7, 11) is 1.57. The van der Waals surface area contributed by atoms with Gasteiger partial charge in [-0.3, -0.25) is 0 Å². The van der Waals surface area contributed by atoms with Crippen LogP contribution in [0.5, 0.6) is 0 Å². The summed E-state index contributed by atoms with van der Waals surface area (Å²) in [6, 6.07) is 2.18. The van der Waals surface area contributed by atoms with Crippen molar-refractivity contribution < 1.29 is 4.74 Å². The number of nitriles is 1. The Morgan fingerprint density at radius 3 is 2.80 bits per heavy atom. The van der Waals surface area contributed by atoms with E-state index in [1.807, 2.05) is 13.2 Å². The first-order valence-corrected chi connectivity index (χ1v) is 6.73. The molecule has 0 aromatic carbocycles. The lowest BCUT2D eigenvalue weighted by Crippen LogP contribution is -2.30. The average molecular weight is 243 g/mol. The Morgan fingerprint density at radius 1 is 1.60 bits per heavy atom. The average Bonchev–Trinajstić information content (AvgIpc) is 2.28. The Labute approximate surface area is 98.2 Å². The molecule has 82 valence electrons. The Morgan fingerprint density at radius 2 is 2.33 bits per heavy atom. The van der Waals surface area contributed by atoms with Crippen LogP contribution < -0.4 is 0 Å². The molecule has 0 saturated heterocycles. The van der Waals surface area contributed by atoms with Crippen LogP contribution in [0.25, 0.3) is 0 Å². The zero-order chi connectivity index (χ0) is 11.3. The van der Waals surface area contributed by atoms with Gasteiger partial charge in [0.25, 0.3) is 0 Å². The lowest BCUT2D eigenvalue weighted by Gasteiger charge is -2.22. The minimum absolute atomic E-state index is 0.369. The van der Waals surface area contributed by atoms with E-state index in [1.165, 1.54) is 11.8 Å². The number of amidine groups is 1. The molecule has 0 aromatic heterocycles. The van der Waals surface area contributed by atoms with Crippen LogP contribution in [0.3, 0.4) is 0 Å². The summed E-state index contributed by atoms with van der Waals surface area (Å²) in [5, 5.41) is 10.5. The van der Waals surface area contributed by atoms with Gasteiger partial charge in [0.05, 0.1) is 11.1 Å². The van der Waals surface area contributed by atoms with Gasteiger partial charge in [0.2, 0.25) is 0 Å². The highest BCUT2D eigenvalue weighted by Gasteiger charge is 2.30. The zero-order valence-electron chi connectivity index (χ0n) is 8.93. The standard InChI is InChI=1S/C9H13N3OS2/c1-4-15-9-11-7(13-2)6(5-10)8(12-9)14-3/h6-7H,4H2,1-3H3. The lowest BCUT2D eigenvalue weighted by molar-refractivity contribution is 0.0972. The van der Waals surface area contributed by atoms with E-state index in [2.05, 4.69) is 16.1 Å². The highest BCUT2D eigenvalue weighted by molar-refractivity contribution is 8.15. The van der Waals surface area contributed by atoms with E-state index in [4.69, 9.17) is 10.00 Å². The van der Waals surface area contributed by atoms with Crippen LogP contribution in [-0.4, -0.2) is 35.6 Å². The molecule has 4 nitrogen and oxygen atoms in total. The van der Waals surface area contributed by atoms with Crippen LogP contribution in [0.4, 0.5) is 0 Å². The van der Waals surface area contributed by atoms with E-state index >= 15 is 0 Å². The summed E-state index contributed by atoms with van der Waals surface area (Å²) in [5.74, 6) is 0.545. The number of nitrogens with zero attached hydrogens (tertiary/aromatic N) is 3. The van der Waals surface area contributed by atoms with Gasteiger partial charge < -0.3 is 4.74 Å². The van der Waals surface area contributed by atoms with Crippen LogP contribution in [0.15, 0.2) is 9.98 Å². The number of hydrogen-bond donors (Lipinski definition) is 0. The van der Waals surface area contributed by atoms with Gasteiger partial charge in [-0.25, -0.2) is 9.98 Å². The third-order valence-electron chi connectivity index (χ3n) is 1.86. The summed E-state index contributed by atoms with van der Waals surface area (Å²) in [6.07, 6.45) is 1.50. The second kappa shape index (κ2) is 6.16. The van der Waals surface area contributed by atoms with Crippen molar-refractivity contribution in [2.45, 2.75) is 13.2 Å². The van der Waals surface area contributed by atoms with Crippen molar-refractivity contribution >= 4 is 33.7 Å². The molecule has 1 heterocycles. The van der Waals surface area contributed by atoms with Crippen molar-refractivity contribution in [2.75, 3.05) is 19.1 Å². The molecule has 0 fully saturated rings. The quantitative estimate of drug-likeness (QED) is 0.744. The third-order valence-corrected chi connectivity index (χ3v) is 3.36. The normalized spacial score (nSPS) is 25.5. The number of ether oxygens (including phenoxy) is 1. The fourth-order valence-corrected chi connectivity index (χ4v) is 2.44. The number of thioether (sulfide) groups is 2. The third kappa shape index (κ3) is 2.97. The van der Waals surface area contributed by atoms with Gasteiger partial charge in [-0.15, -0.1) is 11.8 Å². The molecule has 2 atom stereocenters. The summed E-state index contributed by atoms with van der Waals surface area (Å²) in [5.41, 5.74) is 0. The SMILES string of the molecule is CCSC1=NC(OC)C(C#N)C(SC)=N1. The van der Waals surface area contributed by atoms with Gasteiger partial charge in [-0.05, 0) is 12.0 Å². The largest absolute Gasteiger partial charge is 0.358 e. The molecule has 0 N–H and O–H groups in total. The van der Waals surface area contributed by atoms with E-state index in [0.717, 1.165) is 10.8 Å². The molecule has 0 aromatic rings. The van der Waals surface area contributed by atoms with Crippen molar-refractivity contribution in [1.82, 2.24) is 0 Å². The summed E-state index contributed by atoms with van der Waals surface area (Å²) in [4.78, 5) is 8.61. The Balaban J connectivity index is 2.92. The van der Waals surface area contributed by atoms with Crippen molar-refractivity contribution in [1.29, 1.82) is 5.26 Å². The van der Waals surface area contributed by atoms with Crippen molar-refractivity contribution in [3.05, 3.63) is 0 Å². The van der Waals surface area contributed by atoms with Crippen LogP contribution in [0.2, 0.25) is 0 Å². The van der Waals surface area contributed by atoms with Gasteiger partial charge in [-0.2, -0.15) is 5.26 Å². The zero-order valence-corrected chi connectivity index (χ0v) is 10.6. The van der Waals surface area contributed by atoms with E-state index < -0.39 is 6.23 Å². The highest BCUT2D eigenvalue weighted by Crippen LogP contribution is 2.24. The van der Waals surface area contributed by atoms with E-state index in [0.29, 0.717) is 5.17 Å². The van der Waals surface area contributed by atoms with Gasteiger partial charge in [0.15, 0.2) is 11.4 Å². The number of hydrogen-bond acceptors (Lipinski definition) is 6. The van der Waals surface area contributed by atoms with E-state index in [1.54, 1.807) is 18.9 Å². The van der Waals surface area contributed by atoms with E-state index in [-0.39, 0.29) is 5.92 Å². The Bertz CT molecular complexity index is 322. The molecule has 6 heteroatoms. The van der Waals surface area contributed by atoms with Gasteiger partial charge >= 0.3 is 0 Å². The molecule has 15 heavy (non-hydrogen) atoms. The second-order valence-electron chi connectivity index (χ2n) is 2.73. The second-order valence-corrected chi connectivity index (χ2v) is 4.79. The molecule has 0 bridgehead atoms.